The van der Waals surface area contributed by atoms with E-state index in [1.807, 2.05) is 0 Å². The molecule has 0 nitrogen and oxygen atoms in total. The van der Waals surface area contributed by atoms with Crippen molar-refractivity contribution < 1.29 is 2.85 Å². The van der Waals surface area contributed by atoms with Crippen LogP contribution in [0.2, 0.25) is 0 Å². The summed E-state index contributed by atoms with van der Waals surface area (Å²) in [6.45, 7) is 6.65. The molecule has 0 spiro atoms. The van der Waals surface area contributed by atoms with Crippen molar-refractivity contribution in [1.82, 2.24) is 0 Å². The van der Waals surface area contributed by atoms with Crippen LogP contribution in [0.4, 0.5) is 0 Å². The van der Waals surface area contributed by atoms with E-state index in [0.717, 1.165) is 0 Å². The number of hydrogen-bond acceptors (Lipinski definition) is 0. The SMILES string of the molecule is C=CC(=C)Cl.[H-].[H-].[Mg+2]. The second-order valence-corrected chi connectivity index (χ2v) is 1.14. The van der Waals surface area contributed by atoms with Gasteiger partial charge >= 0.3 is 23.1 Å². The molecule has 0 rings (SSSR count). The van der Waals surface area contributed by atoms with Gasteiger partial charge in [0.15, 0.2) is 0 Å². The van der Waals surface area contributed by atoms with Crippen molar-refractivity contribution in [3.8, 4) is 0 Å². The van der Waals surface area contributed by atoms with Crippen LogP contribution in [0.1, 0.15) is 2.85 Å². The van der Waals surface area contributed by atoms with E-state index < -0.39 is 0 Å². The van der Waals surface area contributed by atoms with Crippen LogP contribution in [-0.4, -0.2) is 23.1 Å². The molecule has 0 saturated carbocycles. The quantitative estimate of drug-likeness (QED) is 0.360. The average molecular weight is 115 g/mol. The first-order valence-corrected chi connectivity index (χ1v) is 1.62. The standard InChI is InChI=1S/C4H5Cl.Mg.2H/c1-3-4(2)5;;;/h3H,1-2H2;;;/q;+2;2*-1. The summed E-state index contributed by atoms with van der Waals surface area (Å²) in [6.07, 6.45) is 1.49. The summed E-state index contributed by atoms with van der Waals surface area (Å²) < 4.78 is 0. The molecule has 0 amide bonds. The summed E-state index contributed by atoms with van der Waals surface area (Å²) in [5.74, 6) is 0. The van der Waals surface area contributed by atoms with Gasteiger partial charge in [0.05, 0.1) is 0 Å². The fourth-order valence-corrected chi connectivity index (χ4v) is 0. The Kier molecular flexibility index (Phi) is 8.98. The predicted molar refractivity (Wildman–Crippen MR) is 33.2 cm³/mol. The normalized spacial score (nSPS) is 5.50. The fourth-order valence-electron chi connectivity index (χ4n) is 0. The van der Waals surface area contributed by atoms with Crippen LogP contribution >= 0.6 is 11.6 Å². The van der Waals surface area contributed by atoms with Crippen molar-refractivity contribution in [2.45, 2.75) is 0 Å². The van der Waals surface area contributed by atoms with Gasteiger partial charge in [-0.3, -0.25) is 0 Å². The molecule has 0 aromatic carbocycles. The molecule has 0 atom stereocenters. The van der Waals surface area contributed by atoms with Crippen LogP contribution in [0, 0.1) is 0 Å². The van der Waals surface area contributed by atoms with Crippen LogP contribution in [0.3, 0.4) is 0 Å². The van der Waals surface area contributed by atoms with Gasteiger partial charge < -0.3 is 2.85 Å². The molecule has 0 saturated heterocycles. The van der Waals surface area contributed by atoms with Gasteiger partial charge in [0, 0.05) is 5.03 Å². The molecule has 0 aromatic heterocycles. The molecular weight excluding hydrogens is 108 g/mol. The van der Waals surface area contributed by atoms with Gasteiger partial charge in [-0.15, -0.1) is 0 Å². The van der Waals surface area contributed by atoms with Gasteiger partial charge in [-0.25, -0.2) is 0 Å². The van der Waals surface area contributed by atoms with Gasteiger partial charge in [0.2, 0.25) is 0 Å². The van der Waals surface area contributed by atoms with Gasteiger partial charge in [0.25, 0.3) is 0 Å². The van der Waals surface area contributed by atoms with Gasteiger partial charge in [0.1, 0.15) is 0 Å². The summed E-state index contributed by atoms with van der Waals surface area (Å²) in [6, 6.07) is 0. The van der Waals surface area contributed by atoms with Crippen LogP contribution in [-0.2, 0) is 0 Å². The molecule has 0 unspecified atom stereocenters. The van der Waals surface area contributed by atoms with E-state index in [0.29, 0.717) is 5.03 Å². The molecule has 0 heterocycles. The maximum atomic E-state index is 5.15. The largest absolute Gasteiger partial charge is 2.00 e. The maximum Gasteiger partial charge on any atom is 2.00 e. The van der Waals surface area contributed by atoms with E-state index in [9.17, 15) is 0 Å². The Morgan fingerprint density at radius 1 is 1.83 bits per heavy atom. The zero-order valence-electron chi connectivity index (χ0n) is 5.58. The van der Waals surface area contributed by atoms with Crippen molar-refractivity contribution in [3.63, 3.8) is 0 Å². The number of hydrogen-bond donors (Lipinski definition) is 0. The third-order valence-corrected chi connectivity index (χ3v) is 0.376. The molecule has 32 valence electrons. The molecule has 0 bridgehead atoms. The number of rotatable bonds is 1. The Labute approximate surface area is 62.0 Å². The van der Waals surface area contributed by atoms with Crippen LogP contribution < -0.4 is 0 Å². The topological polar surface area (TPSA) is 0 Å². The van der Waals surface area contributed by atoms with E-state index in [-0.39, 0.29) is 25.9 Å². The van der Waals surface area contributed by atoms with Crippen LogP contribution in [0.15, 0.2) is 24.3 Å². The van der Waals surface area contributed by atoms with Crippen molar-refractivity contribution in [2.24, 2.45) is 0 Å². The first-order valence-electron chi connectivity index (χ1n) is 1.24. The molecule has 6 heavy (non-hydrogen) atoms. The van der Waals surface area contributed by atoms with Gasteiger partial charge in [-0.1, -0.05) is 30.8 Å². The van der Waals surface area contributed by atoms with Gasteiger partial charge in [-0.2, -0.15) is 0 Å². The van der Waals surface area contributed by atoms with Crippen LogP contribution in [0.5, 0.6) is 0 Å². The monoisotopic (exact) mass is 114 g/mol. The zero-order chi connectivity index (χ0) is 4.28. The molecule has 0 aliphatic rings. The first kappa shape index (κ1) is 9.74. The third kappa shape index (κ3) is 8.82. The van der Waals surface area contributed by atoms with Crippen molar-refractivity contribution in [3.05, 3.63) is 24.3 Å². The third-order valence-electron chi connectivity index (χ3n) is 0.221. The molecule has 0 aromatic rings. The second kappa shape index (κ2) is 5.54. The van der Waals surface area contributed by atoms with E-state index in [2.05, 4.69) is 13.2 Å². The number of allylic oxidation sites excluding steroid dienone is 2. The fraction of sp³-hybridized carbons (Fsp3) is 0. The molecule has 0 N–H and O–H groups in total. The Morgan fingerprint density at radius 3 is 2.00 bits per heavy atom. The summed E-state index contributed by atoms with van der Waals surface area (Å²) in [5, 5.41) is 0.491. The minimum atomic E-state index is 0. The summed E-state index contributed by atoms with van der Waals surface area (Å²) in [5.41, 5.74) is 0. The van der Waals surface area contributed by atoms with Crippen molar-refractivity contribution >= 4 is 34.7 Å². The average Bonchev–Trinajstić information content (AvgIpc) is 1.38. The van der Waals surface area contributed by atoms with E-state index in [1.165, 1.54) is 6.08 Å². The molecule has 0 aliphatic carbocycles. The Morgan fingerprint density at radius 2 is 2.00 bits per heavy atom. The zero-order valence-corrected chi connectivity index (χ0v) is 5.75. The van der Waals surface area contributed by atoms with Crippen molar-refractivity contribution in [2.75, 3.05) is 0 Å². The molecule has 0 aliphatic heterocycles. The minimum absolute atomic E-state index is 0. The van der Waals surface area contributed by atoms with Crippen molar-refractivity contribution in [1.29, 1.82) is 0 Å². The number of halogens is 1. The molecular formula is C4H7ClMg. The Hall–Kier alpha value is 0.536. The van der Waals surface area contributed by atoms with E-state index in [4.69, 9.17) is 11.6 Å². The Balaban J connectivity index is -0.0000000267. The Bertz CT molecular complexity index is 65.1. The second-order valence-electron chi connectivity index (χ2n) is 0.651. The minimum Gasteiger partial charge on any atom is -1.00 e. The maximum absolute atomic E-state index is 5.15. The molecule has 0 fully saturated rings. The summed E-state index contributed by atoms with van der Waals surface area (Å²) >= 11 is 5.15. The van der Waals surface area contributed by atoms with E-state index >= 15 is 0 Å². The predicted octanol–water partition coefficient (Wildman–Crippen LogP) is 1.77. The van der Waals surface area contributed by atoms with Gasteiger partial charge in [-0.05, 0) is 0 Å². The molecule has 0 radical (unpaired) electrons. The molecule has 2 heteroatoms. The smallest absolute Gasteiger partial charge is 1.00 e. The summed E-state index contributed by atoms with van der Waals surface area (Å²) in [4.78, 5) is 0. The van der Waals surface area contributed by atoms with Crippen LogP contribution in [0.25, 0.3) is 0 Å². The summed E-state index contributed by atoms with van der Waals surface area (Å²) in [7, 11) is 0. The first-order chi connectivity index (χ1) is 2.27. The van der Waals surface area contributed by atoms with E-state index in [1.54, 1.807) is 0 Å².